The third-order valence-electron chi connectivity index (χ3n) is 4.53. The molecule has 146 valence electrons. The molecule has 2 aromatic rings. The predicted octanol–water partition coefficient (Wildman–Crippen LogP) is 2.89. The maximum absolute atomic E-state index is 12.9. The fourth-order valence-electron chi connectivity index (χ4n) is 3.06. The molecule has 0 aliphatic carbocycles. The van der Waals surface area contributed by atoms with E-state index in [0.717, 1.165) is 5.56 Å². The van der Waals surface area contributed by atoms with Crippen molar-refractivity contribution in [3.63, 3.8) is 0 Å². The highest BCUT2D eigenvalue weighted by Crippen LogP contribution is 2.28. The van der Waals surface area contributed by atoms with E-state index in [9.17, 15) is 16.8 Å². The Morgan fingerprint density at radius 3 is 2.22 bits per heavy atom. The first-order valence-corrected chi connectivity index (χ1v) is 12.3. The van der Waals surface area contributed by atoms with Crippen molar-refractivity contribution in [3.8, 4) is 0 Å². The summed E-state index contributed by atoms with van der Waals surface area (Å²) in [6.07, 6.45) is 0.851. The van der Waals surface area contributed by atoms with Crippen molar-refractivity contribution in [1.29, 1.82) is 0 Å². The highest BCUT2D eigenvalue weighted by molar-refractivity contribution is 9.10. The van der Waals surface area contributed by atoms with Gasteiger partial charge in [-0.1, -0.05) is 24.3 Å². The van der Waals surface area contributed by atoms with Crippen molar-refractivity contribution >= 4 is 36.0 Å². The van der Waals surface area contributed by atoms with Gasteiger partial charge in [0.25, 0.3) is 0 Å². The first-order chi connectivity index (χ1) is 12.7. The van der Waals surface area contributed by atoms with Crippen molar-refractivity contribution in [2.24, 2.45) is 0 Å². The molecule has 1 aliphatic rings. The smallest absolute Gasteiger partial charge is 0.208 e. The average Bonchev–Trinajstić information content (AvgIpc) is 2.62. The van der Waals surface area contributed by atoms with Crippen LogP contribution in [0.15, 0.2) is 62.8 Å². The summed E-state index contributed by atoms with van der Waals surface area (Å²) < 4.78 is 55.3. The topological polar surface area (TPSA) is 83.6 Å². The first-order valence-electron chi connectivity index (χ1n) is 8.54. The van der Waals surface area contributed by atoms with Gasteiger partial charge in [0.1, 0.15) is 0 Å². The standard InChI is InChI=1S/C18H21BrN2O4S2/c1-14-7-8-18(17(19)13-14)27(24,25)21-11-9-15(10-12-21)20-26(22,23)16-5-3-2-4-6-16/h2-8,13,15,20H,9-12H2,1H3. The molecule has 2 aromatic carbocycles. The molecule has 1 aliphatic heterocycles. The van der Waals surface area contributed by atoms with Crippen molar-refractivity contribution < 1.29 is 16.8 Å². The van der Waals surface area contributed by atoms with Gasteiger partial charge in [0.2, 0.25) is 20.0 Å². The predicted molar refractivity (Wildman–Crippen MR) is 107 cm³/mol. The summed E-state index contributed by atoms with van der Waals surface area (Å²) in [7, 11) is -7.22. The van der Waals surface area contributed by atoms with E-state index < -0.39 is 20.0 Å². The summed E-state index contributed by atoms with van der Waals surface area (Å²) in [6.45, 7) is 2.43. The number of aryl methyl sites for hydroxylation is 1. The SMILES string of the molecule is Cc1ccc(S(=O)(=O)N2CCC(NS(=O)(=O)c3ccccc3)CC2)c(Br)c1. The summed E-state index contributed by atoms with van der Waals surface area (Å²) in [6, 6.07) is 13.0. The monoisotopic (exact) mass is 472 g/mol. The van der Waals surface area contributed by atoms with Gasteiger partial charge in [0, 0.05) is 23.6 Å². The number of nitrogens with zero attached hydrogens (tertiary/aromatic N) is 1. The first kappa shape index (κ1) is 20.5. The van der Waals surface area contributed by atoms with Gasteiger partial charge in [-0.25, -0.2) is 21.6 Å². The van der Waals surface area contributed by atoms with Crippen molar-refractivity contribution in [3.05, 3.63) is 58.6 Å². The second kappa shape index (κ2) is 8.00. The van der Waals surface area contributed by atoms with Crippen LogP contribution in [0.25, 0.3) is 0 Å². The number of rotatable bonds is 5. The molecule has 27 heavy (non-hydrogen) atoms. The Morgan fingerprint density at radius 1 is 1.00 bits per heavy atom. The van der Waals surface area contributed by atoms with Crippen LogP contribution in [0.2, 0.25) is 0 Å². The van der Waals surface area contributed by atoms with E-state index in [2.05, 4.69) is 20.7 Å². The number of benzene rings is 2. The maximum Gasteiger partial charge on any atom is 0.244 e. The summed E-state index contributed by atoms with van der Waals surface area (Å²) in [5.74, 6) is 0. The fraction of sp³-hybridized carbons (Fsp3) is 0.333. The minimum atomic E-state index is -3.62. The Morgan fingerprint density at radius 2 is 1.63 bits per heavy atom. The zero-order valence-corrected chi connectivity index (χ0v) is 18.0. The van der Waals surface area contributed by atoms with Crippen molar-refractivity contribution in [1.82, 2.24) is 9.03 Å². The number of nitrogens with one attached hydrogen (secondary N) is 1. The number of piperidine rings is 1. The molecule has 9 heteroatoms. The lowest BCUT2D eigenvalue weighted by Crippen LogP contribution is -2.46. The lowest BCUT2D eigenvalue weighted by atomic mass is 10.1. The molecule has 0 atom stereocenters. The minimum Gasteiger partial charge on any atom is -0.208 e. The third kappa shape index (κ3) is 4.60. The number of hydrogen-bond acceptors (Lipinski definition) is 4. The van der Waals surface area contributed by atoms with Crippen LogP contribution in [-0.2, 0) is 20.0 Å². The summed E-state index contributed by atoms with van der Waals surface area (Å²) in [5, 5.41) is 0. The number of hydrogen-bond donors (Lipinski definition) is 1. The van der Waals surface area contributed by atoms with Gasteiger partial charge in [-0.2, -0.15) is 4.31 Å². The fourth-order valence-corrected chi connectivity index (χ4v) is 7.00. The van der Waals surface area contributed by atoms with Crippen molar-refractivity contribution in [2.45, 2.75) is 35.6 Å². The quantitative estimate of drug-likeness (QED) is 0.724. The zero-order valence-electron chi connectivity index (χ0n) is 14.8. The molecule has 0 saturated carbocycles. The van der Waals surface area contributed by atoms with Gasteiger partial charge < -0.3 is 0 Å². The van der Waals surface area contributed by atoms with Crippen LogP contribution >= 0.6 is 15.9 Å². The van der Waals surface area contributed by atoms with Crippen LogP contribution in [0.1, 0.15) is 18.4 Å². The molecule has 1 fully saturated rings. The Balaban J connectivity index is 1.68. The van der Waals surface area contributed by atoms with E-state index in [-0.39, 0.29) is 28.9 Å². The van der Waals surface area contributed by atoms with Crippen LogP contribution in [0.3, 0.4) is 0 Å². The van der Waals surface area contributed by atoms with Gasteiger partial charge in [-0.05, 0) is 65.5 Å². The van der Waals surface area contributed by atoms with Gasteiger partial charge >= 0.3 is 0 Å². The number of halogens is 1. The molecule has 0 radical (unpaired) electrons. The van der Waals surface area contributed by atoms with Crippen LogP contribution < -0.4 is 4.72 Å². The van der Waals surface area contributed by atoms with E-state index in [4.69, 9.17) is 0 Å². The van der Waals surface area contributed by atoms with Crippen molar-refractivity contribution in [2.75, 3.05) is 13.1 Å². The minimum absolute atomic E-state index is 0.212. The van der Waals surface area contributed by atoms with E-state index in [1.807, 2.05) is 6.92 Å². The Kier molecular flexibility index (Phi) is 6.07. The molecule has 3 rings (SSSR count). The third-order valence-corrected chi connectivity index (χ3v) is 8.95. The molecule has 0 aromatic heterocycles. The van der Waals surface area contributed by atoms with Crippen LogP contribution in [-0.4, -0.2) is 40.3 Å². The second-order valence-corrected chi connectivity index (χ2v) is 11.0. The van der Waals surface area contributed by atoms with Crippen LogP contribution in [0, 0.1) is 6.92 Å². The summed E-state index contributed by atoms with van der Waals surface area (Å²) in [4.78, 5) is 0.444. The van der Waals surface area contributed by atoms with Gasteiger partial charge in [0.05, 0.1) is 9.79 Å². The molecule has 0 spiro atoms. The molecular weight excluding hydrogens is 452 g/mol. The number of sulfonamides is 2. The Bertz CT molecular complexity index is 1020. The lowest BCUT2D eigenvalue weighted by Gasteiger charge is -2.31. The molecular formula is C18H21BrN2O4S2. The van der Waals surface area contributed by atoms with Crippen LogP contribution in [0.5, 0.6) is 0 Å². The molecule has 1 N–H and O–H groups in total. The van der Waals surface area contributed by atoms with Gasteiger partial charge in [-0.3, -0.25) is 0 Å². The molecule has 0 unspecified atom stereocenters. The molecule has 6 nitrogen and oxygen atoms in total. The van der Waals surface area contributed by atoms with Gasteiger partial charge in [-0.15, -0.1) is 0 Å². The molecule has 1 heterocycles. The normalized spacial score (nSPS) is 17.1. The molecule has 0 amide bonds. The zero-order chi connectivity index (χ0) is 19.7. The largest absolute Gasteiger partial charge is 0.244 e. The molecule has 1 saturated heterocycles. The highest BCUT2D eigenvalue weighted by atomic mass is 79.9. The maximum atomic E-state index is 12.9. The average molecular weight is 473 g/mol. The van der Waals surface area contributed by atoms with E-state index in [1.54, 1.807) is 36.4 Å². The van der Waals surface area contributed by atoms with E-state index >= 15 is 0 Å². The van der Waals surface area contributed by atoms with Gasteiger partial charge in [0.15, 0.2) is 0 Å². The second-order valence-electron chi connectivity index (χ2n) is 6.55. The summed E-state index contributed by atoms with van der Waals surface area (Å²) >= 11 is 3.33. The van der Waals surface area contributed by atoms with Crippen LogP contribution in [0.4, 0.5) is 0 Å². The molecule has 0 bridgehead atoms. The van der Waals surface area contributed by atoms with E-state index in [0.29, 0.717) is 17.3 Å². The lowest BCUT2D eigenvalue weighted by molar-refractivity contribution is 0.308. The summed E-state index contributed by atoms with van der Waals surface area (Å²) in [5.41, 5.74) is 0.967. The Labute approximate surface area is 168 Å². The van der Waals surface area contributed by atoms with E-state index in [1.165, 1.54) is 16.4 Å². The Hall–Kier alpha value is -1.26. The highest BCUT2D eigenvalue weighted by Gasteiger charge is 2.32.